The summed E-state index contributed by atoms with van der Waals surface area (Å²) in [6.07, 6.45) is 0. The Morgan fingerprint density at radius 1 is 1.19 bits per heavy atom. The molecular weight excluding hydrogens is 348 g/mol. The van der Waals surface area contributed by atoms with Gasteiger partial charge in [0.25, 0.3) is 5.91 Å². The van der Waals surface area contributed by atoms with Gasteiger partial charge in [0.2, 0.25) is 0 Å². The van der Waals surface area contributed by atoms with Crippen LogP contribution in [0.4, 0.5) is 5.82 Å². The lowest BCUT2D eigenvalue weighted by molar-refractivity contribution is 0.102. The number of hydrogen-bond acceptors (Lipinski definition) is 3. The summed E-state index contributed by atoms with van der Waals surface area (Å²) in [5.74, 6) is 0.252. The van der Waals surface area contributed by atoms with Gasteiger partial charge in [-0.05, 0) is 43.7 Å². The maximum absolute atomic E-state index is 12.6. The maximum Gasteiger partial charge on any atom is 0.256 e. The van der Waals surface area contributed by atoms with Gasteiger partial charge in [0.1, 0.15) is 0 Å². The molecule has 0 bridgehead atoms. The van der Waals surface area contributed by atoms with Crippen LogP contribution in [-0.4, -0.2) is 20.7 Å². The lowest BCUT2D eigenvalue weighted by Crippen LogP contribution is -2.12. The molecule has 2 aromatic carbocycles. The molecular formula is C20H17ClN4O. The third-order valence-corrected chi connectivity index (χ3v) is 4.60. The van der Waals surface area contributed by atoms with E-state index >= 15 is 0 Å². The quantitative estimate of drug-likeness (QED) is 0.567. The second-order valence-electron chi connectivity index (χ2n) is 6.14. The summed E-state index contributed by atoms with van der Waals surface area (Å²) in [6.45, 7) is 4.70. The SMILES string of the molecule is CCn1nc(NC(=O)c2cccc(Cl)c2)c2cc3cccc(C)c3nc21. The van der Waals surface area contributed by atoms with Crippen LogP contribution in [0.5, 0.6) is 0 Å². The van der Waals surface area contributed by atoms with Crippen molar-refractivity contribution in [2.24, 2.45) is 0 Å². The zero-order valence-electron chi connectivity index (χ0n) is 14.5. The third-order valence-electron chi connectivity index (χ3n) is 4.37. The number of nitrogens with one attached hydrogen (secondary N) is 1. The molecule has 0 aliphatic rings. The Kier molecular flexibility index (Phi) is 4.09. The molecule has 6 heteroatoms. The Morgan fingerprint density at radius 3 is 2.77 bits per heavy atom. The van der Waals surface area contributed by atoms with E-state index in [0.29, 0.717) is 22.9 Å². The molecule has 2 aromatic heterocycles. The van der Waals surface area contributed by atoms with Crippen LogP contribution in [0.2, 0.25) is 5.02 Å². The van der Waals surface area contributed by atoms with Crippen LogP contribution in [0, 0.1) is 6.92 Å². The molecule has 1 N–H and O–H groups in total. The molecule has 0 saturated carbocycles. The first kappa shape index (κ1) is 16.5. The van der Waals surface area contributed by atoms with Crippen molar-refractivity contribution < 1.29 is 4.79 Å². The summed E-state index contributed by atoms with van der Waals surface area (Å²) < 4.78 is 1.80. The zero-order valence-corrected chi connectivity index (χ0v) is 15.2. The standard InChI is InChI=1S/C20H17ClN4O/c1-3-25-19-16(11-13-7-4-6-12(2)17(13)22-19)18(24-25)23-20(26)14-8-5-9-15(21)10-14/h4-11H,3H2,1-2H3,(H,23,24,26). The Labute approximate surface area is 155 Å². The molecule has 26 heavy (non-hydrogen) atoms. The summed E-state index contributed by atoms with van der Waals surface area (Å²) in [5, 5.41) is 9.79. The van der Waals surface area contributed by atoms with Gasteiger partial charge in [-0.3, -0.25) is 4.79 Å². The fraction of sp³-hybridized carbons (Fsp3) is 0.150. The number of aromatic nitrogens is 3. The molecule has 2 heterocycles. The first-order valence-corrected chi connectivity index (χ1v) is 8.78. The number of rotatable bonds is 3. The molecule has 0 spiro atoms. The van der Waals surface area contributed by atoms with Crippen LogP contribution in [-0.2, 0) is 6.54 Å². The van der Waals surface area contributed by atoms with Crippen LogP contribution in [0.15, 0.2) is 48.5 Å². The number of carbonyl (C=O) groups is 1. The topological polar surface area (TPSA) is 59.8 Å². The van der Waals surface area contributed by atoms with Gasteiger partial charge in [-0.15, -0.1) is 0 Å². The number of halogens is 1. The van der Waals surface area contributed by atoms with Gasteiger partial charge in [0, 0.05) is 22.5 Å². The van der Waals surface area contributed by atoms with Gasteiger partial charge in [-0.25, -0.2) is 9.67 Å². The Balaban J connectivity index is 1.83. The summed E-state index contributed by atoms with van der Waals surface area (Å²) in [5.41, 5.74) is 3.30. The zero-order chi connectivity index (χ0) is 18.3. The summed E-state index contributed by atoms with van der Waals surface area (Å²) in [7, 11) is 0. The number of hydrogen-bond donors (Lipinski definition) is 1. The van der Waals surface area contributed by atoms with Gasteiger partial charge in [-0.2, -0.15) is 5.10 Å². The number of aryl methyl sites for hydroxylation is 2. The lowest BCUT2D eigenvalue weighted by Gasteiger charge is -2.04. The number of nitrogens with zero attached hydrogens (tertiary/aromatic N) is 3. The predicted octanol–water partition coefficient (Wildman–Crippen LogP) is 4.82. The van der Waals surface area contributed by atoms with E-state index < -0.39 is 0 Å². The number of pyridine rings is 1. The molecule has 1 amide bonds. The maximum atomic E-state index is 12.6. The van der Waals surface area contributed by atoms with Crippen LogP contribution in [0.25, 0.3) is 21.9 Å². The highest BCUT2D eigenvalue weighted by atomic mass is 35.5. The van der Waals surface area contributed by atoms with Crippen molar-refractivity contribution in [3.8, 4) is 0 Å². The largest absolute Gasteiger partial charge is 0.305 e. The molecule has 5 nitrogen and oxygen atoms in total. The predicted molar refractivity (Wildman–Crippen MR) is 105 cm³/mol. The first-order chi connectivity index (χ1) is 12.6. The van der Waals surface area contributed by atoms with Gasteiger partial charge in [-0.1, -0.05) is 35.9 Å². The van der Waals surface area contributed by atoms with E-state index in [1.54, 1.807) is 28.9 Å². The van der Waals surface area contributed by atoms with Crippen LogP contribution in [0.3, 0.4) is 0 Å². The lowest BCUT2D eigenvalue weighted by atomic mass is 10.1. The van der Waals surface area contributed by atoms with E-state index in [-0.39, 0.29) is 5.91 Å². The fourth-order valence-electron chi connectivity index (χ4n) is 3.05. The molecule has 0 radical (unpaired) electrons. The Hall–Kier alpha value is -2.92. The average Bonchev–Trinajstić information content (AvgIpc) is 2.97. The Morgan fingerprint density at radius 2 is 2.00 bits per heavy atom. The molecule has 0 aliphatic carbocycles. The molecule has 0 aliphatic heterocycles. The minimum Gasteiger partial charge on any atom is -0.305 e. The number of anilines is 1. The number of para-hydroxylation sites is 1. The second-order valence-corrected chi connectivity index (χ2v) is 6.57. The molecule has 130 valence electrons. The summed E-state index contributed by atoms with van der Waals surface area (Å²) >= 11 is 5.98. The van der Waals surface area contributed by atoms with Crippen molar-refractivity contribution in [3.63, 3.8) is 0 Å². The van der Waals surface area contributed by atoms with Gasteiger partial charge in [0.15, 0.2) is 11.5 Å². The van der Waals surface area contributed by atoms with E-state index in [0.717, 1.165) is 27.5 Å². The normalized spacial score (nSPS) is 11.2. The van der Waals surface area contributed by atoms with Crippen molar-refractivity contribution in [2.45, 2.75) is 20.4 Å². The second kappa shape index (κ2) is 6.42. The highest BCUT2D eigenvalue weighted by molar-refractivity contribution is 6.31. The van der Waals surface area contributed by atoms with E-state index in [1.807, 2.05) is 38.1 Å². The smallest absolute Gasteiger partial charge is 0.256 e. The van der Waals surface area contributed by atoms with Crippen molar-refractivity contribution in [3.05, 3.63) is 64.7 Å². The van der Waals surface area contributed by atoms with Crippen LogP contribution >= 0.6 is 11.6 Å². The highest BCUT2D eigenvalue weighted by Gasteiger charge is 2.16. The molecule has 0 atom stereocenters. The van der Waals surface area contributed by atoms with Gasteiger partial charge in [0.05, 0.1) is 10.9 Å². The number of carbonyl (C=O) groups excluding carboxylic acids is 1. The van der Waals surface area contributed by atoms with Crippen molar-refractivity contribution in [1.82, 2.24) is 14.8 Å². The third kappa shape index (κ3) is 2.80. The van der Waals surface area contributed by atoms with Crippen molar-refractivity contribution in [1.29, 1.82) is 0 Å². The van der Waals surface area contributed by atoms with Crippen LogP contribution < -0.4 is 5.32 Å². The Bertz CT molecular complexity index is 1150. The number of amides is 1. The fourth-order valence-corrected chi connectivity index (χ4v) is 3.24. The van der Waals surface area contributed by atoms with Crippen molar-refractivity contribution in [2.75, 3.05) is 5.32 Å². The van der Waals surface area contributed by atoms with E-state index in [2.05, 4.69) is 10.4 Å². The minimum absolute atomic E-state index is 0.250. The molecule has 0 unspecified atom stereocenters. The monoisotopic (exact) mass is 364 g/mol. The summed E-state index contributed by atoms with van der Waals surface area (Å²) in [6, 6.07) is 14.9. The minimum atomic E-state index is -0.250. The number of benzene rings is 2. The van der Waals surface area contributed by atoms with Crippen LogP contribution in [0.1, 0.15) is 22.8 Å². The van der Waals surface area contributed by atoms with E-state index in [9.17, 15) is 4.79 Å². The molecule has 0 saturated heterocycles. The number of fused-ring (bicyclic) bond motifs is 2. The van der Waals surface area contributed by atoms with Gasteiger partial charge < -0.3 is 5.32 Å². The van der Waals surface area contributed by atoms with E-state index in [1.165, 1.54) is 0 Å². The molecule has 4 rings (SSSR count). The van der Waals surface area contributed by atoms with Crippen molar-refractivity contribution >= 4 is 45.3 Å². The average molecular weight is 365 g/mol. The van der Waals surface area contributed by atoms with E-state index in [4.69, 9.17) is 16.6 Å². The van der Waals surface area contributed by atoms with Gasteiger partial charge >= 0.3 is 0 Å². The molecule has 0 fully saturated rings. The first-order valence-electron chi connectivity index (χ1n) is 8.40. The summed E-state index contributed by atoms with van der Waals surface area (Å²) in [4.78, 5) is 17.4. The molecule has 4 aromatic rings. The highest BCUT2D eigenvalue weighted by Crippen LogP contribution is 2.27.